The van der Waals surface area contributed by atoms with Crippen LogP contribution in [-0.2, 0) is 0 Å². The van der Waals surface area contributed by atoms with Gasteiger partial charge in [-0.25, -0.2) is 0 Å². The third kappa shape index (κ3) is 1.83. The van der Waals surface area contributed by atoms with E-state index >= 15 is 0 Å². The average Bonchev–Trinajstić information content (AvgIpc) is 2.94. The summed E-state index contributed by atoms with van der Waals surface area (Å²) in [5.41, 5.74) is 2.74. The van der Waals surface area contributed by atoms with Gasteiger partial charge in [0, 0.05) is 22.7 Å². The average molecular weight is 290 g/mol. The molecule has 0 atom stereocenters. The molecule has 1 amide bonds. The number of aromatic nitrogens is 2. The van der Waals surface area contributed by atoms with E-state index in [1.807, 2.05) is 27.0 Å². The molecule has 0 saturated heterocycles. The molecule has 0 saturated carbocycles. The molecule has 1 aliphatic heterocycles. The molecule has 2 aromatic rings. The smallest absolute Gasteiger partial charge is 0.265 e. The summed E-state index contributed by atoms with van der Waals surface area (Å²) in [5, 5.41) is 10.1. The largest absolute Gasteiger partial charge is 0.348 e. The number of rotatable bonds is 2. The highest BCUT2D eigenvalue weighted by Crippen LogP contribution is 2.41. The third-order valence-electron chi connectivity index (χ3n) is 3.72. The summed E-state index contributed by atoms with van der Waals surface area (Å²) in [6.07, 6.45) is 1.81. The summed E-state index contributed by atoms with van der Waals surface area (Å²) in [7, 11) is 0. The van der Waals surface area contributed by atoms with Gasteiger partial charge in [-0.05, 0) is 33.8 Å². The number of nitrogens with zero attached hydrogens (tertiary/aromatic N) is 2. The second-order valence-electron chi connectivity index (χ2n) is 5.49. The maximum absolute atomic E-state index is 12.3. The predicted octanol–water partition coefficient (Wildman–Crippen LogP) is 2.75. The number of aromatic amines is 1. The van der Waals surface area contributed by atoms with Gasteiger partial charge in [0.15, 0.2) is 0 Å². The maximum atomic E-state index is 12.3. The van der Waals surface area contributed by atoms with Crippen molar-refractivity contribution < 1.29 is 4.79 Å². The summed E-state index contributed by atoms with van der Waals surface area (Å²) in [5.74, 6) is 0.00657. The molecule has 5 nitrogen and oxygen atoms in total. The van der Waals surface area contributed by atoms with Crippen LogP contribution in [0, 0.1) is 6.92 Å². The maximum Gasteiger partial charge on any atom is 0.265 e. The Morgan fingerprint density at radius 2 is 2.20 bits per heavy atom. The van der Waals surface area contributed by atoms with Gasteiger partial charge in [0.05, 0.1) is 11.9 Å². The molecule has 0 fully saturated rings. The van der Waals surface area contributed by atoms with E-state index in [-0.39, 0.29) is 11.6 Å². The number of thiophene rings is 1. The van der Waals surface area contributed by atoms with Crippen LogP contribution in [0.3, 0.4) is 0 Å². The molecule has 0 unspecified atom stereocenters. The summed E-state index contributed by atoms with van der Waals surface area (Å²) in [6.45, 7) is 8.99. The number of amides is 1. The van der Waals surface area contributed by atoms with Crippen LogP contribution in [0.25, 0.3) is 10.4 Å². The third-order valence-corrected chi connectivity index (χ3v) is 4.87. The lowest BCUT2D eigenvalue weighted by Gasteiger charge is -2.43. The Morgan fingerprint density at radius 3 is 2.80 bits per heavy atom. The Morgan fingerprint density at radius 1 is 1.45 bits per heavy atom. The molecule has 6 heteroatoms. The molecule has 0 spiro atoms. The zero-order chi connectivity index (χ0) is 14.5. The normalized spacial score (nSPS) is 17.0. The van der Waals surface area contributed by atoms with Gasteiger partial charge in [-0.2, -0.15) is 5.10 Å². The minimum Gasteiger partial charge on any atom is -0.348 e. The minimum absolute atomic E-state index is 0.00657. The zero-order valence-electron chi connectivity index (χ0n) is 12.1. The molecule has 0 bridgehead atoms. The lowest BCUT2D eigenvalue weighted by molar-refractivity contribution is 0.0903. The Balaban J connectivity index is 2.14. The lowest BCUT2D eigenvalue weighted by atomic mass is 10.1. The van der Waals surface area contributed by atoms with Gasteiger partial charge in [-0.3, -0.25) is 9.89 Å². The number of anilines is 1. The number of carbonyl (C=O) groups excluding carboxylic acids is 1. The van der Waals surface area contributed by atoms with E-state index in [0.717, 1.165) is 33.2 Å². The zero-order valence-corrected chi connectivity index (χ0v) is 12.9. The van der Waals surface area contributed by atoms with Crippen LogP contribution < -0.4 is 10.2 Å². The van der Waals surface area contributed by atoms with Crippen molar-refractivity contribution in [3.8, 4) is 10.4 Å². The Kier molecular flexibility index (Phi) is 2.86. The standard InChI is InChI=1S/C14H18N4OS/c1-5-18-10-6-11(9-7-15-17-8(9)2)20-12(10)13(19)16-14(18,3)4/h6-7H,5H2,1-4H3,(H,15,17)(H,16,19). The van der Waals surface area contributed by atoms with Crippen LogP contribution in [0.2, 0.25) is 0 Å². The van der Waals surface area contributed by atoms with Crippen LogP contribution in [0.15, 0.2) is 12.3 Å². The molecule has 3 rings (SSSR count). The molecule has 2 aromatic heterocycles. The number of carbonyl (C=O) groups is 1. The first-order chi connectivity index (χ1) is 9.44. The van der Waals surface area contributed by atoms with E-state index in [2.05, 4.69) is 33.4 Å². The molecular weight excluding hydrogens is 272 g/mol. The highest BCUT2D eigenvalue weighted by atomic mass is 32.1. The highest BCUT2D eigenvalue weighted by Gasteiger charge is 2.37. The molecule has 1 aliphatic rings. The van der Waals surface area contributed by atoms with Gasteiger partial charge in [0.2, 0.25) is 0 Å². The second-order valence-corrected chi connectivity index (χ2v) is 6.54. The molecule has 0 aliphatic carbocycles. The summed E-state index contributed by atoms with van der Waals surface area (Å²) < 4.78 is 0. The molecule has 0 aromatic carbocycles. The van der Waals surface area contributed by atoms with E-state index in [1.54, 1.807) is 0 Å². The highest BCUT2D eigenvalue weighted by molar-refractivity contribution is 7.18. The lowest BCUT2D eigenvalue weighted by Crippen LogP contribution is -2.60. The van der Waals surface area contributed by atoms with Crippen molar-refractivity contribution in [2.24, 2.45) is 0 Å². The molecule has 20 heavy (non-hydrogen) atoms. The Labute approximate surface area is 122 Å². The number of hydrogen-bond acceptors (Lipinski definition) is 4. The van der Waals surface area contributed by atoms with Crippen molar-refractivity contribution in [1.82, 2.24) is 15.5 Å². The van der Waals surface area contributed by atoms with Crippen LogP contribution in [-0.4, -0.2) is 28.3 Å². The SMILES string of the molecule is CCN1c2cc(-c3cn[nH]c3C)sc2C(=O)NC1(C)C. The first-order valence-corrected chi connectivity index (χ1v) is 7.50. The summed E-state index contributed by atoms with van der Waals surface area (Å²) >= 11 is 1.52. The number of hydrogen-bond donors (Lipinski definition) is 2. The quantitative estimate of drug-likeness (QED) is 0.894. The first-order valence-electron chi connectivity index (χ1n) is 6.68. The van der Waals surface area contributed by atoms with Crippen molar-refractivity contribution in [2.45, 2.75) is 33.4 Å². The van der Waals surface area contributed by atoms with Crippen LogP contribution in [0.4, 0.5) is 5.69 Å². The Bertz CT molecular complexity index is 671. The Hall–Kier alpha value is -1.82. The molecule has 106 valence electrons. The van der Waals surface area contributed by atoms with E-state index in [0.29, 0.717) is 0 Å². The number of nitrogens with one attached hydrogen (secondary N) is 2. The van der Waals surface area contributed by atoms with Crippen molar-refractivity contribution in [1.29, 1.82) is 0 Å². The van der Waals surface area contributed by atoms with Gasteiger partial charge in [-0.15, -0.1) is 11.3 Å². The van der Waals surface area contributed by atoms with Crippen molar-refractivity contribution in [3.63, 3.8) is 0 Å². The fourth-order valence-electron chi connectivity index (χ4n) is 2.75. The molecule has 3 heterocycles. The molecular formula is C14H18N4OS. The summed E-state index contributed by atoms with van der Waals surface area (Å²) in [6, 6.07) is 2.10. The van der Waals surface area contributed by atoms with Gasteiger partial charge in [-0.1, -0.05) is 0 Å². The van der Waals surface area contributed by atoms with Crippen molar-refractivity contribution in [2.75, 3.05) is 11.4 Å². The van der Waals surface area contributed by atoms with E-state index in [9.17, 15) is 4.79 Å². The molecule has 2 N–H and O–H groups in total. The van der Waals surface area contributed by atoms with Crippen LogP contribution in [0.1, 0.15) is 36.1 Å². The van der Waals surface area contributed by atoms with E-state index < -0.39 is 0 Å². The number of aryl methyl sites for hydroxylation is 1. The van der Waals surface area contributed by atoms with Crippen LogP contribution >= 0.6 is 11.3 Å². The van der Waals surface area contributed by atoms with E-state index in [4.69, 9.17) is 0 Å². The molecule has 0 radical (unpaired) electrons. The monoisotopic (exact) mass is 290 g/mol. The fourth-order valence-corrected chi connectivity index (χ4v) is 3.87. The minimum atomic E-state index is -0.359. The van der Waals surface area contributed by atoms with Crippen LogP contribution in [0.5, 0.6) is 0 Å². The van der Waals surface area contributed by atoms with Crippen molar-refractivity contribution in [3.05, 3.63) is 22.8 Å². The van der Waals surface area contributed by atoms with Gasteiger partial charge >= 0.3 is 0 Å². The van der Waals surface area contributed by atoms with Crippen molar-refractivity contribution >= 4 is 22.9 Å². The van der Waals surface area contributed by atoms with E-state index in [1.165, 1.54) is 11.3 Å². The summed E-state index contributed by atoms with van der Waals surface area (Å²) in [4.78, 5) is 16.4. The number of H-pyrrole nitrogens is 1. The number of fused-ring (bicyclic) bond motifs is 1. The fraction of sp³-hybridized carbons (Fsp3) is 0.429. The van der Waals surface area contributed by atoms with Gasteiger partial charge in [0.25, 0.3) is 5.91 Å². The predicted molar refractivity (Wildman–Crippen MR) is 81.2 cm³/mol. The van der Waals surface area contributed by atoms with Gasteiger partial charge < -0.3 is 10.2 Å². The second kappa shape index (κ2) is 4.34. The van der Waals surface area contributed by atoms with Gasteiger partial charge in [0.1, 0.15) is 10.5 Å². The topological polar surface area (TPSA) is 61.0 Å². The first kappa shape index (κ1) is 13.2.